The van der Waals surface area contributed by atoms with Gasteiger partial charge in [-0.1, -0.05) is 11.6 Å². The number of hydrogen-bond donors (Lipinski definition) is 1. The summed E-state index contributed by atoms with van der Waals surface area (Å²) in [6.45, 7) is -0.0557. The predicted molar refractivity (Wildman–Crippen MR) is 58.4 cm³/mol. The molecule has 76 valence electrons. The van der Waals surface area contributed by atoms with Crippen LogP contribution in [0.25, 0.3) is 11.1 Å². The fourth-order valence-corrected chi connectivity index (χ4v) is 1.57. The van der Waals surface area contributed by atoms with Gasteiger partial charge in [-0.3, -0.25) is 4.98 Å². The van der Waals surface area contributed by atoms with Gasteiger partial charge in [0, 0.05) is 24.2 Å². The van der Waals surface area contributed by atoms with Crippen LogP contribution in [0.3, 0.4) is 0 Å². The first-order valence-electron chi connectivity index (χ1n) is 4.47. The molecule has 0 aliphatic rings. The minimum absolute atomic E-state index is 0.0557. The van der Waals surface area contributed by atoms with Crippen LogP contribution in [0.15, 0.2) is 36.8 Å². The predicted octanol–water partition coefficient (Wildman–Crippen LogP) is 2.29. The number of nitrogens with zero attached hydrogens (tertiary/aromatic N) is 2. The molecule has 2 heterocycles. The van der Waals surface area contributed by atoms with Crippen LogP contribution in [0.5, 0.6) is 0 Å². The Hall–Kier alpha value is -1.45. The highest BCUT2D eigenvalue weighted by molar-refractivity contribution is 6.29. The fraction of sp³-hybridized carbons (Fsp3) is 0.0909. The molecule has 2 aromatic heterocycles. The van der Waals surface area contributed by atoms with Gasteiger partial charge in [0.15, 0.2) is 0 Å². The Morgan fingerprint density at radius 1 is 1.27 bits per heavy atom. The summed E-state index contributed by atoms with van der Waals surface area (Å²) in [5.74, 6) is 0. The quantitative estimate of drug-likeness (QED) is 0.790. The maximum absolute atomic E-state index is 9.20. The molecular formula is C11H9ClN2O. The minimum atomic E-state index is -0.0557. The van der Waals surface area contributed by atoms with Crippen molar-refractivity contribution < 1.29 is 5.11 Å². The van der Waals surface area contributed by atoms with E-state index in [2.05, 4.69) is 9.97 Å². The Labute approximate surface area is 92.4 Å². The highest BCUT2D eigenvalue weighted by Crippen LogP contribution is 2.24. The number of aliphatic hydroxyl groups excluding tert-OH is 1. The lowest BCUT2D eigenvalue weighted by molar-refractivity contribution is 0.282. The highest BCUT2D eigenvalue weighted by atomic mass is 35.5. The van der Waals surface area contributed by atoms with Crippen molar-refractivity contribution in [3.63, 3.8) is 0 Å². The zero-order chi connectivity index (χ0) is 10.7. The average Bonchev–Trinajstić information content (AvgIpc) is 2.30. The Morgan fingerprint density at radius 2 is 2.00 bits per heavy atom. The summed E-state index contributed by atoms with van der Waals surface area (Å²) in [4.78, 5) is 7.93. The molecule has 0 saturated heterocycles. The van der Waals surface area contributed by atoms with Gasteiger partial charge in [0.25, 0.3) is 0 Å². The van der Waals surface area contributed by atoms with Crippen LogP contribution in [0.2, 0.25) is 5.15 Å². The van der Waals surface area contributed by atoms with Crippen molar-refractivity contribution in [2.24, 2.45) is 0 Å². The van der Waals surface area contributed by atoms with E-state index in [1.54, 1.807) is 24.7 Å². The molecule has 0 aromatic carbocycles. The number of aromatic nitrogens is 2. The van der Waals surface area contributed by atoms with Crippen LogP contribution in [0.4, 0.5) is 0 Å². The van der Waals surface area contributed by atoms with Crippen molar-refractivity contribution in [1.82, 2.24) is 9.97 Å². The number of halogens is 1. The van der Waals surface area contributed by atoms with E-state index in [0.717, 1.165) is 16.7 Å². The lowest BCUT2D eigenvalue weighted by atomic mass is 10.0. The molecule has 0 fully saturated rings. The number of pyridine rings is 2. The van der Waals surface area contributed by atoms with E-state index >= 15 is 0 Å². The maximum atomic E-state index is 9.20. The summed E-state index contributed by atoms with van der Waals surface area (Å²) in [5.41, 5.74) is 2.61. The summed E-state index contributed by atoms with van der Waals surface area (Å²) in [6, 6.07) is 5.39. The van der Waals surface area contributed by atoms with Crippen molar-refractivity contribution >= 4 is 11.6 Å². The number of rotatable bonds is 2. The molecule has 0 saturated carbocycles. The van der Waals surface area contributed by atoms with Gasteiger partial charge in [-0.05, 0) is 29.3 Å². The normalized spacial score (nSPS) is 10.3. The van der Waals surface area contributed by atoms with Gasteiger partial charge < -0.3 is 5.11 Å². The Morgan fingerprint density at radius 3 is 2.67 bits per heavy atom. The molecule has 0 aliphatic heterocycles. The first-order valence-corrected chi connectivity index (χ1v) is 4.84. The number of aliphatic hydroxyl groups is 1. The van der Waals surface area contributed by atoms with E-state index in [-0.39, 0.29) is 6.61 Å². The van der Waals surface area contributed by atoms with Crippen LogP contribution in [-0.4, -0.2) is 15.1 Å². The lowest BCUT2D eigenvalue weighted by Crippen LogP contribution is -1.91. The van der Waals surface area contributed by atoms with E-state index in [0.29, 0.717) is 5.15 Å². The topological polar surface area (TPSA) is 46.0 Å². The van der Waals surface area contributed by atoms with Crippen LogP contribution < -0.4 is 0 Å². The fourth-order valence-electron chi connectivity index (χ4n) is 1.39. The van der Waals surface area contributed by atoms with E-state index in [1.807, 2.05) is 12.1 Å². The lowest BCUT2D eigenvalue weighted by Gasteiger charge is -2.06. The molecule has 0 aliphatic carbocycles. The van der Waals surface area contributed by atoms with Crippen LogP contribution in [0.1, 0.15) is 5.56 Å². The van der Waals surface area contributed by atoms with E-state index < -0.39 is 0 Å². The second kappa shape index (κ2) is 4.38. The largest absolute Gasteiger partial charge is 0.392 e. The molecule has 0 bridgehead atoms. The molecule has 1 N–H and O–H groups in total. The zero-order valence-electron chi connectivity index (χ0n) is 7.89. The average molecular weight is 221 g/mol. The molecule has 4 heteroatoms. The van der Waals surface area contributed by atoms with Crippen molar-refractivity contribution in [3.8, 4) is 11.1 Å². The van der Waals surface area contributed by atoms with Gasteiger partial charge in [-0.2, -0.15) is 0 Å². The second-order valence-electron chi connectivity index (χ2n) is 3.06. The number of hydrogen-bond acceptors (Lipinski definition) is 3. The maximum Gasteiger partial charge on any atom is 0.129 e. The highest BCUT2D eigenvalue weighted by Gasteiger charge is 2.05. The monoisotopic (exact) mass is 220 g/mol. The van der Waals surface area contributed by atoms with Crippen LogP contribution >= 0.6 is 11.6 Å². The van der Waals surface area contributed by atoms with Gasteiger partial charge in [-0.15, -0.1) is 0 Å². The third kappa shape index (κ3) is 2.14. The first kappa shape index (κ1) is 10.1. The zero-order valence-corrected chi connectivity index (χ0v) is 8.65. The minimum Gasteiger partial charge on any atom is -0.392 e. The van der Waals surface area contributed by atoms with Crippen molar-refractivity contribution in [2.45, 2.75) is 6.61 Å². The van der Waals surface area contributed by atoms with E-state index in [9.17, 15) is 5.11 Å². The standard InChI is InChI=1S/C11H9ClN2O/c12-11-5-9(7-15)10(6-14-11)8-1-3-13-4-2-8/h1-6,15H,7H2. The Balaban J connectivity index is 2.53. The summed E-state index contributed by atoms with van der Waals surface area (Å²) >= 11 is 5.75. The van der Waals surface area contributed by atoms with Gasteiger partial charge in [-0.25, -0.2) is 4.98 Å². The summed E-state index contributed by atoms with van der Waals surface area (Å²) in [5, 5.41) is 9.59. The second-order valence-corrected chi connectivity index (χ2v) is 3.45. The molecular weight excluding hydrogens is 212 g/mol. The van der Waals surface area contributed by atoms with E-state index in [1.165, 1.54) is 0 Å². The molecule has 3 nitrogen and oxygen atoms in total. The van der Waals surface area contributed by atoms with Crippen molar-refractivity contribution in [3.05, 3.63) is 47.5 Å². The molecule has 0 spiro atoms. The summed E-state index contributed by atoms with van der Waals surface area (Å²) in [7, 11) is 0. The van der Waals surface area contributed by atoms with Crippen molar-refractivity contribution in [2.75, 3.05) is 0 Å². The third-order valence-electron chi connectivity index (χ3n) is 2.12. The molecule has 2 aromatic rings. The van der Waals surface area contributed by atoms with Crippen molar-refractivity contribution in [1.29, 1.82) is 0 Å². The first-order chi connectivity index (χ1) is 7.31. The molecule has 0 unspecified atom stereocenters. The summed E-state index contributed by atoms with van der Waals surface area (Å²) < 4.78 is 0. The summed E-state index contributed by atoms with van der Waals surface area (Å²) in [6.07, 6.45) is 5.05. The van der Waals surface area contributed by atoms with E-state index in [4.69, 9.17) is 11.6 Å². The van der Waals surface area contributed by atoms with Crippen LogP contribution in [-0.2, 0) is 6.61 Å². The molecule has 0 atom stereocenters. The van der Waals surface area contributed by atoms with Gasteiger partial charge in [0.1, 0.15) is 5.15 Å². The third-order valence-corrected chi connectivity index (χ3v) is 2.32. The van der Waals surface area contributed by atoms with Gasteiger partial charge in [0.05, 0.1) is 6.61 Å². The Kier molecular flexibility index (Phi) is 2.94. The van der Waals surface area contributed by atoms with Gasteiger partial charge >= 0.3 is 0 Å². The molecule has 2 rings (SSSR count). The smallest absolute Gasteiger partial charge is 0.129 e. The van der Waals surface area contributed by atoms with Crippen LogP contribution in [0, 0.1) is 0 Å². The molecule has 0 radical (unpaired) electrons. The molecule has 15 heavy (non-hydrogen) atoms. The Bertz CT molecular complexity index is 459. The SMILES string of the molecule is OCc1cc(Cl)ncc1-c1ccncc1. The molecule has 0 amide bonds. The van der Waals surface area contributed by atoms with Gasteiger partial charge in [0.2, 0.25) is 0 Å².